The van der Waals surface area contributed by atoms with Crippen LogP contribution in [0.2, 0.25) is 0 Å². The van der Waals surface area contributed by atoms with Crippen LogP contribution in [-0.2, 0) is 23.2 Å². The maximum Gasteiger partial charge on any atom is 0.237 e. The minimum absolute atomic E-state index is 0.247. The highest BCUT2D eigenvalue weighted by Crippen LogP contribution is 2.47. The maximum atomic E-state index is 12.9. The predicted octanol–water partition coefficient (Wildman–Crippen LogP) is 1.88. The van der Waals surface area contributed by atoms with E-state index < -0.39 is 0 Å². The second kappa shape index (κ2) is 5.70. The van der Waals surface area contributed by atoms with Crippen molar-refractivity contribution in [2.24, 2.45) is 0 Å². The van der Waals surface area contributed by atoms with Crippen molar-refractivity contribution in [1.82, 2.24) is 20.1 Å². The van der Waals surface area contributed by atoms with Gasteiger partial charge in [0.15, 0.2) is 0 Å². The number of benzene rings is 1. The number of amides is 1. The fourth-order valence-electron chi connectivity index (χ4n) is 4.07. The van der Waals surface area contributed by atoms with Gasteiger partial charge in [0, 0.05) is 19.2 Å². The lowest BCUT2D eigenvalue weighted by Gasteiger charge is -2.38. The van der Waals surface area contributed by atoms with Crippen LogP contribution in [0.25, 0.3) is 0 Å². The van der Waals surface area contributed by atoms with E-state index in [1.54, 1.807) is 0 Å². The Labute approximate surface area is 141 Å². The largest absolute Gasteiger partial charge is 0.314 e. The van der Waals surface area contributed by atoms with Gasteiger partial charge in [-0.1, -0.05) is 25.1 Å². The summed E-state index contributed by atoms with van der Waals surface area (Å²) in [5, 5.41) is 7.22. The van der Waals surface area contributed by atoms with Gasteiger partial charge in [-0.3, -0.25) is 14.8 Å². The molecule has 0 aliphatic carbocycles. The number of aromatic amines is 1. The molecule has 1 aromatic heterocycles. The normalized spacial score (nSPS) is 19.9. The lowest BCUT2D eigenvalue weighted by atomic mass is 9.73. The van der Waals surface area contributed by atoms with Crippen LogP contribution in [0, 0.1) is 0 Å². The van der Waals surface area contributed by atoms with Gasteiger partial charge in [0.1, 0.15) is 11.6 Å². The zero-order valence-electron chi connectivity index (χ0n) is 14.2. The average Bonchev–Trinajstić information content (AvgIpc) is 3.15. The molecule has 1 N–H and O–H groups in total. The van der Waals surface area contributed by atoms with Crippen LogP contribution in [0.5, 0.6) is 0 Å². The number of hydrogen-bond acceptors (Lipinski definition) is 4. The van der Waals surface area contributed by atoms with E-state index in [4.69, 9.17) is 0 Å². The number of H-pyrrole nitrogens is 1. The molecule has 1 fully saturated rings. The van der Waals surface area contributed by atoms with E-state index in [-0.39, 0.29) is 11.3 Å². The number of carbonyl (C=O) groups excluding carboxylic acids is 1. The smallest absolute Gasteiger partial charge is 0.237 e. The van der Waals surface area contributed by atoms with Crippen molar-refractivity contribution in [1.29, 1.82) is 0 Å². The number of piperidine rings is 1. The van der Waals surface area contributed by atoms with Gasteiger partial charge in [-0.05, 0) is 37.6 Å². The summed E-state index contributed by atoms with van der Waals surface area (Å²) in [4.78, 5) is 21.6. The third-order valence-electron chi connectivity index (χ3n) is 5.47. The van der Waals surface area contributed by atoms with Gasteiger partial charge in [-0.2, -0.15) is 5.10 Å². The average molecular weight is 325 g/mol. The molecule has 0 radical (unpaired) electrons. The van der Waals surface area contributed by atoms with Crippen LogP contribution >= 0.6 is 0 Å². The molecule has 126 valence electrons. The molecule has 0 atom stereocenters. The molecular weight excluding hydrogens is 302 g/mol. The number of likely N-dealkylation sites (tertiary alicyclic amines) is 1. The summed E-state index contributed by atoms with van der Waals surface area (Å²) in [6.07, 6.45) is 2.57. The molecule has 2 aromatic rings. The van der Waals surface area contributed by atoms with E-state index in [0.717, 1.165) is 56.2 Å². The van der Waals surface area contributed by atoms with Crippen molar-refractivity contribution in [2.75, 3.05) is 25.0 Å². The number of nitrogens with zero attached hydrogens (tertiary/aromatic N) is 4. The van der Waals surface area contributed by atoms with Crippen molar-refractivity contribution >= 4 is 11.6 Å². The topological polar surface area (TPSA) is 65.1 Å². The Bertz CT molecular complexity index is 760. The van der Waals surface area contributed by atoms with Crippen LogP contribution in [0.3, 0.4) is 0 Å². The van der Waals surface area contributed by atoms with Gasteiger partial charge >= 0.3 is 0 Å². The first kappa shape index (κ1) is 15.3. The number of likely N-dealkylation sites (N-methyl/N-ethyl adjacent to an activating group) is 1. The van der Waals surface area contributed by atoms with Crippen LogP contribution in [-0.4, -0.2) is 46.1 Å². The Morgan fingerprint density at radius 3 is 2.71 bits per heavy atom. The summed E-state index contributed by atoms with van der Waals surface area (Å²) in [7, 11) is 1.89. The summed E-state index contributed by atoms with van der Waals surface area (Å²) >= 11 is 0. The molecule has 1 spiro atoms. The Hall–Kier alpha value is -2.21. The second-order valence-electron chi connectivity index (χ2n) is 6.79. The number of anilines is 1. The fourth-order valence-corrected chi connectivity index (χ4v) is 4.07. The molecule has 1 aromatic carbocycles. The van der Waals surface area contributed by atoms with Crippen molar-refractivity contribution in [2.45, 2.75) is 38.1 Å². The number of para-hydroxylation sites is 1. The monoisotopic (exact) mass is 325 g/mol. The molecule has 3 heterocycles. The number of hydrogen-bond donors (Lipinski definition) is 1. The predicted molar refractivity (Wildman–Crippen MR) is 91.8 cm³/mol. The highest BCUT2D eigenvalue weighted by Gasteiger charge is 2.50. The summed E-state index contributed by atoms with van der Waals surface area (Å²) in [6.45, 7) is 4.62. The van der Waals surface area contributed by atoms with Gasteiger partial charge in [0.2, 0.25) is 5.91 Å². The van der Waals surface area contributed by atoms with Crippen LogP contribution in [0.1, 0.15) is 37.0 Å². The van der Waals surface area contributed by atoms with Crippen LogP contribution in [0.15, 0.2) is 24.3 Å². The molecule has 24 heavy (non-hydrogen) atoms. The van der Waals surface area contributed by atoms with E-state index in [9.17, 15) is 4.79 Å². The maximum absolute atomic E-state index is 12.9. The van der Waals surface area contributed by atoms with Crippen molar-refractivity contribution in [3.63, 3.8) is 0 Å². The van der Waals surface area contributed by atoms with Crippen LogP contribution < -0.4 is 4.90 Å². The summed E-state index contributed by atoms with van der Waals surface area (Å²) in [5.74, 6) is 2.02. The number of fused-ring (bicyclic) bond motifs is 2. The summed E-state index contributed by atoms with van der Waals surface area (Å²) in [6, 6.07) is 8.22. The summed E-state index contributed by atoms with van der Waals surface area (Å²) in [5.41, 5.74) is 1.93. The Kier molecular flexibility index (Phi) is 3.64. The molecule has 2 aliphatic rings. The van der Waals surface area contributed by atoms with Gasteiger partial charge in [-0.15, -0.1) is 0 Å². The van der Waals surface area contributed by atoms with E-state index in [1.165, 1.54) is 5.56 Å². The van der Waals surface area contributed by atoms with Crippen LogP contribution in [0.4, 0.5) is 5.69 Å². The zero-order valence-corrected chi connectivity index (χ0v) is 14.2. The molecule has 0 bridgehead atoms. The second-order valence-corrected chi connectivity index (χ2v) is 6.79. The Morgan fingerprint density at radius 2 is 2.00 bits per heavy atom. The number of carbonyl (C=O) groups is 1. The van der Waals surface area contributed by atoms with E-state index in [1.807, 2.05) is 24.1 Å². The minimum atomic E-state index is -0.335. The molecule has 2 aliphatic heterocycles. The Morgan fingerprint density at radius 1 is 1.25 bits per heavy atom. The van der Waals surface area contributed by atoms with E-state index >= 15 is 0 Å². The van der Waals surface area contributed by atoms with Gasteiger partial charge in [0.05, 0.1) is 12.0 Å². The number of rotatable bonds is 3. The highest BCUT2D eigenvalue weighted by molar-refractivity contribution is 6.07. The third-order valence-corrected chi connectivity index (χ3v) is 5.47. The van der Waals surface area contributed by atoms with Crippen molar-refractivity contribution in [3.05, 3.63) is 41.5 Å². The number of aromatic nitrogens is 3. The first-order valence-corrected chi connectivity index (χ1v) is 8.64. The first-order valence-electron chi connectivity index (χ1n) is 8.64. The minimum Gasteiger partial charge on any atom is -0.314 e. The van der Waals surface area contributed by atoms with Gasteiger partial charge in [0.25, 0.3) is 0 Å². The van der Waals surface area contributed by atoms with Gasteiger partial charge < -0.3 is 4.90 Å². The first-order chi connectivity index (χ1) is 11.6. The molecule has 1 saturated heterocycles. The van der Waals surface area contributed by atoms with E-state index in [2.05, 4.69) is 39.1 Å². The SMILES string of the molecule is CCc1n[nH]c(CN2CCC3(CC2)C(=O)N(C)c2ccccc23)n1. The molecule has 4 rings (SSSR count). The zero-order chi connectivity index (χ0) is 16.7. The van der Waals surface area contributed by atoms with Gasteiger partial charge in [-0.25, -0.2) is 4.98 Å². The molecule has 0 saturated carbocycles. The molecule has 0 unspecified atom stereocenters. The quantitative estimate of drug-likeness (QED) is 0.936. The third kappa shape index (κ3) is 2.24. The fraction of sp³-hybridized carbons (Fsp3) is 0.500. The van der Waals surface area contributed by atoms with Crippen molar-refractivity contribution in [3.8, 4) is 0 Å². The summed E-state index contributed by atoms with van der Waals surface area (Å²) < 4.78 is 0. The molecule has 6 nitrogen and oxygen atoms in total. The molecular formula is C18H23N5O. The number of nitrogens with one attached hydrogen (secondary N) is 1. The van der Waals surface area contributed by atoms with Crippen molar-refractivity contribution < 1.29 is 4.79 Å². The Balaban J connectivity index is 1.50. The standard InChI is InChI=1S/C18H23N5O/c1-3-15-19-16(21-20-15)12-23-10-8-18(9-11-23)13-6-4-5-7-14(13)22(2)17(18)24/h4-7H,3,8-12H2,1-2H3,(H,19,20,21). The number of aryl methyl sites for hydroxylation is 1. The molecule has 1 amide bonds. The molecule has 6 heteroatoms. The lowest BCUT2D eigenvalue weighted by molar-refractivity contribution is -0.124. The highest BCUT2D eigenvalue weighted by atomic mass is 16.2. The van der Waals surface area contributed by atoms with E-state index in [0.29, 0.717) is 0 Å². The lowest BCUT2D eigenvalue weighted by Crippen LogP contribution is -2.47.